The number of benzene rings is 2. The Balaban J connectivity index is 1.61. The summed E-state index contributed by atoms with van der Waals surface area (Å²) in [6, 6.07) is 15.4. The number of carbonyl (C=O) groups excluding carboxylic acids is 1. The lowest BCUT2D eigenvalue weighted by atomic mass is 10.1. The highest BCUT2D eigenvalue weighted by Gasteiger charge is 2.10. The second-order valence-electron chi connectivity index (χ2n) is 5.61. The molecule has 140 valence electrons. The number of carbonyl (C=O) groups is 1. The van der Waals surface area contributed by atoms with E-state index in [-0.39, 0.29) is 6.03 Å². The van der Waals surface area contributed by atoms with Gasteiger partial charge in [0.25, 0.3) is 0 Å². The molecule has 0 saturated carbocycles. The van der Waals surface area contributed by atoms with Crippen LogP contribution in [0.2, 0.25) is 0 Å². The number of nitrogens with one attached hydrogen (secondary N) is 2. The van der Waals surface area contributed by atoms with E-state index in [1.165, 1.54) is 5.56 Å². The van der Waals surface area contributed by atoms with Gasteiger partial charge in [0.2, 0.25) is 5.75 Å². The van der Waals surface area contributed by atoms with Crippen LogP contribution in [0, 0.1) is 0 Å². The number of amides is 2. The molecule has 0 bridgehead atoms. The molecular weight excluding hydrogens is 332 g/mol. The second-order valence-corrected chi connectivity index (χ2v) is 5.61. The monoisotopic (exact) mass is 358 g/mol. The molecule has 2 amide bonds. The van der Waals surface area contributed by atoms with Gasteiger partial charge in [-0.05, 0) is 30.5 Å². The Morgan fingerprint density at radius 3 is 2.35 bits per heavy atom. The third kappa shape index (κ3) is 6.20. The van der Waals surface area contributed by atoms with Crippen LogP contribution >= 0.6 is 0 Å². The molecule has 0 saturated heterocycles. The summed E-state index contributed by atoms with van der Waals surface area (Å²) in [4.78, 5) is 11.8. The molecule has 0 heterocycles. The largest absolute Gasteiger partial charge is 0.493 e. The van der Waals surface area contributed by atoms with Crippen molar-refractivity contribution in [2.24, 2.45) is 0 Å². The molecule has 0 unspecified atom stereocenters. The maximum absolute atomic E-state index is 11.8. The molecule has 2 aromatic rings. The van der Waals surface area contributed by atoms with E-state index in [1.54, 1.807) is 26.4 Å². The first-order valence-corrected chi connectivity index (χ1v) is 8.64. The minimum Gasteiger partial charge on any atom is -0.493 e. The van der Waals surface area contributed by atoms with Gasteiger partial charge in [-0.1, -0.05) is 36.4 Å². The quantitative estimate of drug-likeness (QED) is 0.641. The fourth-order valence-electron chi connectivity index (χ4n) is 2.50. The van der Waals surface area contributed by atoms with E-state index >= 15 is 0 Å². The number of para-hydroxylation sites is 1. The zero-order valence-corrected chi connectivity index (χ0v) is 15.3. The molecule has 0 fully saturated rings. The Bertz CT molecular complexity index is 677. The number of methoxy groups -OCH3 is 2. The maximum atomic E-state index is 11.8. The summed E-state index contributed by atoms with van der Waals surface area (Å²) >= 11 is 0. The minimum absolute atomic E-state index is 0.195. The smallest absolute Gasteiger partial charge is 0.314 e. The van der Waals surface area contributed by atoms with E-state index in [9.17, 15) is 4.79 Å². The van der Waals surface area contributed by atoms with Crippen LogP contribution in [0.5, 0.6) is 17.2 Å². The predicted molar refractivity (Wildman–Crippen MR) is 101 cm³/mol. The lowest BCUT2D eigenvalue weighted by Crippen LogP contribution is -2.38. The van der Waals surface area contributed by atoms with Crippen molar-refractivity contribution < 1.29 is 19.0 Å². The molecule has 6 heteroatoms. The van der Waals surface area contributed by atoms with Crippen LogP contribution in [0.3, 0.4) is 0 Å². The Kier molecular flexibility index (Phi) is 8.12. The Morgan fingerprint density at radius 2 is 1.62 bits per heavy atom. The Morgan fingerprint density at radius 1 is 0.885 bits per heavy atom. The lowest BCUT2D eigenvalue weighted by molar-refractivity contribution is 0.235. The van der Waals surface area contributed by atoms with Crippen molar-refractivity contribution in [1.29, 1.82) is 0 Å². The first kappa shape index (κ1) is 19.4. The summed E-state index contributed by atoms with van der Waals surface area (Å²) in [5, 5.41) is 5.61. The molecule has 0 aliphatic rings. The van der Waals surface area contributed by atoms with E-state index < -0.39 is 0 Å². The molecule has 2 N–H and O–H groups in total. The van der Waals surface area contributed by atoms with Crippen molar-refractivity contribution in [3.05, 3.63) is 54.1 Å². The maximum Gasteiger partial charge on any atom is 0.314 e. The highest BCUT2D eigenvalue weighted by atomic mass is 16.5. The molecule has 0 aliphatic carbocycles. The number of hydrogen-bond donors (Lipinski definition) is 2. The van der Waals surface area contributed by atoms with Gasteiger partial charge in [-0.25, -0.2) is 4.79 Å². The van der Waals surface area contributed by atoms with Gasteiger partial charge < -0.3 is 24.8 Å². The van der Waals surface area contributed by atoms with Gasteiger partial charge in [-0.3, -0.25) is 0 Å². The third-order valence-corrected chi connectivity index (χ3v) is 3.78. The average Bonchev–Trinajstić information content (AvgIpc) is 2.69. The number of urea groups is 1. The summed E-state index contributed by atoms with van der Waals surface area (Å²) in [5.41, 5.74) is 1.27. The molecule has 0 atom stereocenters. The number of hydrogen-bond acceptors (Lipinski definition) is 4. The van der Waals surface area contributed by atoms with Crippen molar-refractivity contribution in [2.75, 3.05) is 33.9 Å². The van der Waals surface area contributed by atoms with Gasteiger partial charge in [0.1, 0.15) is 6.61 Å². The Hall–Kier alpha value is -2.89. The van der Waals surface area contributed by atoms with Gasteiger partial charge in [-0.2, -0.15) is 0 Å². The summed E-state index contributed by atoms with van der Waals surface area (Å²) in [7, 11) is 3.14. The molecule has 0 aliphatic heterocycles. The van der Waals surface area contributed by atoms with Gasteiger partial charge in [0.15, 0.2) is 11.5 Å². The summed E-state index contributed by atoms with van der Waals surface area (Å²) in [5.74, 6) is 1.73. The molecule has 2 aromatic carbocycles. The number of aryl methyl sites for hydroxylation is 1. The molecule has 0 radical (unpaired) electrons. The highest BCUT2D eigenvalue weighted by molar-refractivity contribution is 5.73. The van der Waals surface area contributed by atoms with Crippen LogP contribution in [-0.2, 0) is 6.42 Å². The van der Waals surface area contributed by atoms with Gasteiger partial charge >= 0.3 is 6.03 Å². The highest BCUT2D eigenvalue weighted by Crippen LogP contribution is 2.36. The van der Waals surface area contributed by atoms with Crippen molar-refractivity contribution in [1.82, 2.24) is 10.6 Å². The van der Waals surface area contributed by atoms with Gasteiger partial charge in [-0.15, -0.1) is 0 Å². The molecule has 0 spiro atoms. The second kappa shape index (κ2) is 10.9. The SMILES string of the molecule is COc1cccc(OCCNC(=O)NCCCc2ccccc2)c1OC. The predicted octanol–water partition coefficient (Wildman–Crippen LogP) is 3.01. The zero-order chi connectivity index (χ0) is 18.6. The molecular formula is C20H26N2O4. The molecule has 26 heavy (non-hydrogen) atoms. The van der Waals surface area contributed by atoms with E-state index in [0.717, 1.165) is 12.8 Å². The fourth-order valence-corrected chi connectivity index (χ4v) is 2.50. The van der Waals surface area contributed by atoms with Crippen molar-refractivity contribution >= 4 is 6.03 Å². The lowest BCUT2D eigenvalue weighted by Gasteiger charge is -2.14. The summed E-state index contributed by atoms with van der Waals surface area (Å²) in [6.07, 6.45) is 1.84. The minimum atomic E-state index is -0.195. The van der Waals surface area contributed by atoms with Crippen LogP contribution in [0.25, 0.3) is 0 Å². The average molecular weight is 358 g/mol. The van der Waals surface area contributed by atoms with Crippen molar-refractivity contribution in [3.8, 4) is 17.2 Å². The van der Waals surface area contributed by atoms with Crippen LogP contribution in [-0.4, -0.2) is 39.9 Å². The number of ether oxygens (including phenoxy) is 3. The van der Waals surface area contributed by atoms with Crippen LogP contribution < -0.4 is 24.8 Å². The molecule has 2 rings (SSSR count). The number of rotatable bonds is 10. The van der Waals surface area contributed by atoms with E-state index in [4.69, 9.17) is 14.2 Å². The van der Waals surface area contributed by atoms with Crippen LogP contribution in [0.1, 0.15) is 12.0 Å². The van der Waals surface area contributed by atoms with Crippen molar-refractivity contribution in [3.63, 3.8) is 0 Å². The Labute approximate surface area is 154 Å². The summed E-state index contributed by atoms with van der Waals surface area (Å²) in [6.45, 7) is 1.36. The zero-order valence-electron chi connectivity index (χ0n) is 15.3. The standard InChI is InChI=1S/C20H26N2O4/c1-24-17-11-6-12-18(19(17)25-2)26-15-14-22-20(23)21-13-7-10-16-8-4-3-5-9-16/h3-6,8-9,11-12H,7,10,13-15H2,1-2H3,(H2,21,22,23). The third-order valence-electron chi connectivity index (χ3n) is 3.78. The molecule has 6 nitrogen and oxygen atoms in total. The molecule has 0 aromatic heterocycles. The van der Waals surface area contributed by atoms with Crippen molar-refractivity contribution in [2.45, 2.75) is 12.8 Å². The van der Waals surface area contributed by atoms with E-state index in [0.29, 0.717) is 36.9 Å². The van der Waals surface area contributed by atoms with Crippen LogP contribution in [0.4, 0.5) is 4.79 Å². The van der Waals surface area contributed by atoms with E-state index in [1.807, 2.05) is 24.3 Å². The first-order chi connectivity index (χ1) is 12.7. The van der Waals surface area contributed by atoms with Gasteiger partial charge in [0, 0.05) is 6.54 Å². The summed E-state index contributed by atoms with van der Waals surface area (Å²) < 4.78 is 16.2. The topological polar surface area (TPSA) is 68.8 Å². The van der Waals surface area contributed by atoms with Crippen LogP contribution in [0.15, 0.2) is 48.5 Å². The van der Waals surface area contributed by atoms with Gasteiger partial charge in [0.05, 0.1) is 20.8 Å². The fraction of sp³-hybridized carbons (Fsp3) is 0.350. The van der Waals surface area contributed by atoms with E-state index in [2.05, 4.69) is 22.8 Å². The normalized spacial score (nSPS) is 10.1. The first-order valence-electron chi connectivity index (χ1n) is 8.64.